The van der Waals surface area contributed by atoms with Crippen LogP contribution in [0.3, 0.4) is 0 Å². The van der Waals surface area contributed by atoms with Crippen molar-refractivity contribution < 1.29 is 9.90 Å². The number of aliphatic carboxylic acids is 1. The van der Waals surface area contributed by atoms with Crippen molar-refractivity contribution in [2.24, 2.45) is 0 Å². The molecule has 108 valence electrons. The summed E-state index contributed by atoms with van der Waals surface area (Å²) in [6.45, 7) is 3.36. The molecule has 0 bridgehead atoms. The monoisotopic (exact) mass is 282 g/mol. The average molecular weight is 282 g/mol. The molecule has 0 saturated carbocycles. The fraction of sp³-hybridized carbons (Fsp3) is 0.294. The number of carboxylic acids is 1. The van der Waals surface area contributed by atoms with Gasteiger partial charge in [0.1, 0.15) is 0 Å². The minimum Gasteiger partial charge on any atom is -0.481 e. The van der Waals surface area contributed by atoms with Crippen molar-refractivity contribution in [3.8, 4) is 0 Å². The third-order valence-corrected chi connectivity index (χ3v) is 4.18. The lowest BCUT2D eigenvalue weighted by atomic mass is 9.89. The number of fused-ring (bicyclic) bond motifs is 1. The number of hydrogen-bond acceptors (Lipinski definition) is 3. The quantitative estimate of drug-likeness (QED) is 0.940. The Balaban J connectivity index is 1.91. The summed E-state index contributed by atoms with van der Waals surface area (Å²) in [5, 5.41) is 9.51. The number of pyridine rings is 1. The Morgan fingerprint density at radius 1 is 1.29 bits per heavy atom. The zero-order valence-electron chi connectivity index (χ0n) is 11.9. The Hall–Kier alpha value is -2.20. The van der Waals surface area contributed by atoms with Crippen LogP contribution in [-0.2, 0) is 11.3 Å². The third-order valence-electron chi connectivity index (χ3n) is 4.18. The lowest BCUT2D eigenvalue weighted by Gasteiger charge is -2.36. The van der Waals surface area contributed by atoms with E-state index in [2.05, 4.69) is 16.8 Å². The second kappa shape index (κ2) is 5.66. The highest BCUT2D eigenvalue weighted by Gasteiger charge is 2.32. The van der Waals surface area contributed by atoms with Gasteiger partial charge in [0.25, 0.3) is 0 Å². The summed E-state index contributed by atoms with van der Waals surface area (Å²) in [6, 6.07) is 13.8. The molecule has 0 radical (unpaired) electrons. The summed E-state index contributed by atoms with van der Waals surface area (Å²) in [7, 11) is 0. The first-order valence-corrected chi connectivity index (χ1v) is 7.12. The van der Waals surface area contributed by atoms with Gasteiger partial charge in [0.2, 0.25) is 0 Å². The molecule has 1 N–H and O–H groups in total. The van der Waals surface area contributed by atoms with Crippen LogP contribution in [0, 0.1) is 0 Å². The molecule has 2 aromatic rings. The minimum absolute atomic E-state index is 0.0985. The number of carboxylic acid groups (broad SMARTS) is 1. The van der Waals surface area contributed by atoms with Crippen LogP contribution in [0.2, 0.25) is 0 Å². The normalized spacial score (nSPS) is 19.8. The summed E-state index contributed by atoms with van der Waals surface area (Å²) in [4.78, 5) is 18.2. The number of rotatable bonds is 3. The van der Waals surface area contributed by atoms with Crippen LogP contribution in [0.4, 0.5) is 0 Å². The van der Waals surface area contributed by atoms with Crippen molar-refractivity contribution in [2.75, 3.05) is 6.54 Å². The maximum absolute atomic E-state index is 11.6. The van der Waals surface area contributed by atoms with Crippen LogP contribution in [0.1, 0.15) is 35.7 Å². The van der Waals surface area contributed by atoms with E-state index in [1.54, 1.807) is 6.20 Å². The highest BCUT2D eigenvalue weighted by atomic mass is 16.4. The molecule has 1 aliphatic heterocycles. The molecule has 0 saturated heterocycles. The third kappa shape index (κ3) is 2.67. The van der Waals surface area contributed by atoms with E-state index in [0.717, 1.165) is 23.4 Å². The second-order valence-electron chi connectivity index (χ2n) is 5.45. The number of aromatic nitrogens is 1. The SMILES string of the molecule is CC(c1ccccn1)N1Cc2ccccc2C(C(=O)O)C1. The summed E-state index contributed by atoms with van der Waals surface area (Å²) in [6.07, 6.45) is 1.78. The number of nitrogens with zero attached hydrogens (tertiary/aromatic N) is 2. The molecule has 0 amide bonds. The molecular weight excluding hydrogens is 264 g/mol. The van der Waals surface area contributed by atoms with Gasteiger partial charge in [-0.3, -0.25) is 14.7 Å². The molecule has 1 aliphatic rings. The van der Waals surface area contributed by atoms with Gasteiger partial charge in [0, 0.05) is 25.3 Å². The Kier molecular flexibility index (Phi) is 3.71. The van der Waals surface area contributed by atoms with Gasteiger partial charge in [-0.2, -0.15) is 0 Å². The Labute approximate surface area is 124 Å². The second-order valence-corrected chi connectivity index (χ2v) is 5.45. The molecule has 1 aromatic carbocycles. The van der Waals surface area contributed by atoms with Crippen LogP contribution in [0.15, 0.2) is 48.7 Å². The first-order chi connectivity index (χ1) is 10.2. The fourth-order valence-electron chi connectivity index (χ4n) is 2.95. The average Bonchev–Trinajstić information content (AvgIpc) is 2.53. The molecule has 0 spiro atoms. The van der Waals surface area contributed by atoms with E-state index < -0.39 is 11.9 Å². The van der Waals surface area contributed by atoms with E-state index in [-0.39, 0.29) is 6.04 Å². The number of benzene rings is 1. The summed E-state index contributed by atoms with van der Waals surface area (Å²) >= 11 is 0. The van der Waals surface area contributed by atoms with E-state index in [9.17, 15) is 9.90 Å². The van der Waals surface area contributed by atoms with Gasteiger partial charge >= 0.3 is 5.97 Å². The first-order valence-electron chi connectivity index (χ1n) is 7.12. The molecule has 2 heterocycles. The molecule has 3 rings (SSSR count). The van der Waals surface area contributed by atoms with E-state index in [4.69, 9.17) is 0 Å². The zero-order valence-corrected chi connectivity index (χ0v) is 11.9. The van der Waals surface area contributed by atoms with Crippen molar-refractivity contribution in [1.29, 1.82) is 0 Å². The Morgan fingerprint density at radius 2 is 2.05 bits per heavy atom. The van der Waals surface area contributed by atoms with Crippen molar-refractivity contribution in [2.45, 2.75) is 25.4 Å². The maximum Gasteiger partial charge on any atom is 0.312 e. The highest BCUT2D eigenvalue weighted by molar-refractivity contribution is 5.77. The van der Waals surface area contributed by atoms with Gasteiger partial charge in [-0.15, -0.1) is 0 Å². The van der Waals surface area contributed by atoms with Crippen molar-refractivity contribution in [3.63, 3.8) is 0 Å². The Morgan fingerprint density at radius 3 is 2.76 bits per heavy atom. The smallest absolute Gasteiger partial charge is 0.312 e. The van der Waals surface area contributed by atoms with Crippen LogP contribution in [-0.4, -0.2) is 27.5 Å². The molecule has 0 aliphatic carbocycles. The van der Waals surface area contributed by atoms with Crippen LogP contribution in [0.5, 0.6) is 0 Å². The van der Waals surface area contributed by atoms with Crippen molar-refractivity contribution in [3.05, 3.63) is 65.5 Å². The van der Waals surface area contributed by atoms with Crippen molar-refractivity contribution >= 4 is 5.97 Å². The van der Waals surface area contributed by atoms with Gasteiger partial charge in [0.05, 0.1) is 11.6 Å². The molecule has 4 nitrogen and oxygen atoms in total. The van der Waals surface area contributed by atoms with Gasteiger partial charge in [-0.1, -0.05) is 30.3 Å². The van der Waals surface area contributed by atoms with E-state index >= 15 is 0 Å². The molecule has 1 aromatic heterocycles. The molecule has 2 atom stereocenters. The largest absolute Gasteiger partial charge is 0.481 e. The molecular formula is C17H18N2O2. The Bertz CT molecular complexity index is 642. The molecule has 0 fully saturated rings. The standard InChI is InChI=1S/C17H18N2O2/c1-12(16-8-4-5-9-18-16)19-10-13-6-2-3-7-14(13)15(11-19)17(20)21/h2-9,12,15H,10-11H2,1H3,(H,20,21). The van der Waals surface area contributed by atoms with E-state index in [0.29, 0.717) is 6.54 Å². The van der Waals surface area contributed by atoms with Gasteiger partial charge < -0.3 is 5.11 Å². The lowest BCUT2D eigenvalue weighted by molar-refractivity contribution is -0.139. The van der Waals surface area contributed by atoms with E-state index in [1.807, 2.05) is 42.5 Å². The predicted octanol–water partition coefficient (Wildman–Crippen LogP) is 2.83. The van der Waals surface area contributed by atoms with Gasteiger partial charge in [-0.25, -0.2) is 0 Å². The predicted molar refractivity (Wildman–Crippen MR) is 79.9 cm³/mol. The summed E-state index contributed by atoms with van der Waals surface area (Å²) in [5.41, 5.74) is 3.01. The minimum atomic E-state index is -0.764. The van der Waals surface area contributed by atoms with Crippen LogP contribution >= 0.6 is 0 Å². The van der Waals surface area contributed by atoms with Crippen LogP contribution < -0.4 is 0 Å². The molecule has 21 heavy (non-hydrogen) atoms. The summed E-state index contributed by atoms with van der Waals surface area (Å²) in [5.74, 6) is -1.23. The van der Waals surface area contributed by atoms with Crippen LogP contribution in [0.25, 0.3) is 0 Å². The van der Waals surface area contributed by atoms with E-state index in [1.165, 1.54) is 0 Å². The number of carbonyl (C=O) groups is 1. The first kappa shape index (κ1) is 13.8. The van der Waals surface area contributed by atoms with Gasteiger partial charge in [0.15, 0.2) is 0 Å². The van der Waals surface area contributed by atoms with Gasteiger partial charge in [-0.05, 0) is 30.2 Å². The fourth-order valence-corrected chi connectivity index (χ4v) is 2.95. The summed E-state index contributed by atoms with van der Waals surface area (Å²) < 4.78 is 0. The molecule has 2 unspecified atom stereocenters. The highest BCUT2D eigenvalue weighted by Crippen LogP contribution is 2.33. The molecule has 4 heteroatoms. The lowest BCUT2D eigenvalue weighted by Crippen LogP contribution is -2.38. The maximum atomic E-state index is 11.6. The topological polar surface area (TPSA) is 53.4 Å². The zero-order chi connectivity index (χ0) is 14.8. The number of hydrogen-bond donors (Lipinski definition) is 1. The van der Waals surface area contributed by atoms with Crippen molar-refractivity contribution in [1.82, 2.24) is 9.88 Å².